The van der Waals surface area contributed by atoms with Gasteiger partial charge in [0.15, 0.2) is 5.65 Å². The highest BCUT2D eigenvalue weighted by Crippen LogP contribution is 2.12. The third kappa shape index (κ3) is 1.89. The maximum Gasteiger partial charge on any atom is 0.364 e. The first kappa shape index (κ1) is 10.3. The van der Waals surface area contributed by atoms with Crippen LogP contribution >= 0.6 is 0 Å². The van der Waals surface area contributed by atoms with E-state index in [4.69, 9.17) is 0 Å². The van der Waals surface area contributed by atoms with Crippen LogP contribution in [-0.2, 0) is 0 Å². The Morgan fingerprint density at radius 3 is 3.18 bits per heavy atom. The van der Waals surface area contributed by atoms with Crippen molar-refractivity contribution in [3.05, 3.63) is 22.6 Å². The minimum Gasteiger partial charge on any atom is -0.365 e. The Bertz CT molecular complexity index is 588. The Hall–Kier alpha value is -1.89. The molecule has 1 saturated heterocycles. The maximum absolute atomic E-state index is 11.4. The number of rotatable bonds is 2. The normalized spacial score (nSPS) is 21.1. The van der Waals surface area contributed by atoms with Crippen molar-refractivity contribution in [2.75, 3.05) is 25.5 Å². The van der Waals surface area contributed by atoms with E-state index >= 15 is 0 Å². The molecule has 0 saturated carbocycles. The fourth-order valence-electron chi connectivity index (χ4n) is 2.14. The van der Waals surface area contributed by atoms with Gasteiger partial charge in [-0.15, -0.1) is 5.10 Å². The van der Waals surface area contributed by atoms with Crippen LogP contribution in [0.15, 0.2) is 16.9 Å². The Kier molecular flexibility index (Phi) is 2.32. The van der Waals surface area contributed by atoms with E-state index in [0.29, 0.717) is 17.5 Å². The lowest BCUT2D eigenvalue weighted by atomic mass is 10.2. The molecular formula is C10H14N6O. The third-order valence-electron chi connectivity index (χ3n) is 3.02. The molecule has 1 aliphatic heterocycles. The van der Waals surface area contributed by atoms with Crippen LogP contribution in [0.3, 0.4) is 0 Å². The fraction of sp³-hybridized carbons (Fsp3) is 0.500. The summed E-state index contributed by atoms with van der Waals surface area (Å²) >= 11 is 0. The molecule has 7 heteroatoms. The van der Waals surface area contributed by atoms with Crippen LogP contribution in [0.25, 0.3) is 5.65 Å². The second kappa shape index (κ2) is 3.85. The number of nitrogens with zero attached hydrogens (tertiary/aromatic N) is 4. The smallest absolute Gasteiger partial charge is 0.364 e. The van der Waals surface area contributed by atoms with Gasteiger partial charge in [0.2, 0.25) is 0 Å². The van der Waals surface area contributed by atoms with Gasteiger partial charge in [-0.2, -0.15) is 9.61 Å². The van der Waals surface area contributed by atoms with Gasteiger partial charge in [0.25, 0.3) is 0 Å². The molecule has 0 spiro atoms. The Balaban J connectivity index is 1.85. The average Bonchev–Trinajstić information content (AvgIpc) is 2.87. The number of fused-ring (bicyclic) bond motifs is 1. The van der Waals surface area contributed by atoms with Crippen LogP contribution < -0.4 is 11.0 Å². The third-order valence-corrected chi connectivity index (χ3v) is 3.02. The standard InChI is InChI=1S/C10H14N6O/c1-15-5-4-7(6-15)11-8-2-3-9-12-13-10(17)16(9)14-8/h2-3,7H,4-6H2,1H3,(H,11,14)(H,13,17). The Morgan fingerprint density at radius 2 is 2.41 bits per heavy atom. The molecule has 3 rings (SSSR count). The molecule has 0 aliphatic carbocycles. The van der Waals surface area contributed by atoms with Gasteiger partial charge in [-0.3, -0.25) is 0 Å². The molecule has 0 aromatic carbocycles. The number of likely N-dealkylation sites (tertiary alicyclic amines) is 1. The van der Waals surface area contributed by atoms with Crippen molar-refractivity contribution in [1.82, 2.24) is 24.7 Å². The van der Waals surface area contributed by atoms with Crippen LogP contribution in [0.5, 0.6) is 0 Å². The molecule has 7 nitrogen and oxygen atoms in total. The highest BCUT2D eigenvalue weighted by Gasteiger charge is 2.19. The van der Waals surface area contributed by atoms with E-state index in [2.05, 4.69) is 32.6 Å². The van der Waals surface area contributed by atoms with Crippen LogP contribution in [0.1, 0.15) is 6.42 Å². The Labute approximate surface area is 97.4 Å². The number of aromatic amines is 1. The highest BCUT2D eigenvalue weighted by molar-refractivity contribution is 5.43. The molecular weight excluding hydrogens is 220 g/mol. The van der Waals surface area contributed by atoms with Gasteiger partial charge in [0.1, 0.15) is 5.82 Å². The zero-order valence-corrected chi connectivity index (χ0v) is 9.55. The second-order valence-electron chi connectivity index (χ2n) is 4.41. The predicted molar refractivity (Wildman–Crippen MR) is 63.1 cm³/mol. The average molecular weight is 234 g/mol. The van der Waals surface area contributed by atoms with Gasteiger partial charge in [-0.25, -0.2) is 9.89 Å². The van der Waals surface area contributed by atoms with Gasteiger partial charge in [-0.1, -0.05) is 0 Å². The summed E-state index contributed by atoms with van der Waals surface area (Å²) in [6.07, 6.45) is 1.09. The van der Waals surface area contributed by atoms with Crippen LogP contribution in [0, 0.1) is 0 Å². The number of anilines is 1. The lowest BCUT2D eigenvalue weighted by Gasteiger charge is -2.12. The minimum absolute atomic E-state index is 0.313. The van der Waals surface area contributed by atoms with Gasteiger partial charge in [-0.05, 0) is 32.1 Å². The molecule has 3 heterocycles. The van der Waals surface area contributed by atoms with Gasteiger partial charge < -0.3 is 10.2 Å². The summed E-state index contributed by atoms with van der Waals surface area (Å²) in [4.78, 5) is 13.6. The second-order valence-corrected chi connectivity index (χ2v) is 4.41. The number of hydrogen-bond acceptors (Lipinski definition) is 5. The topological polar surface area (TPSA) is 78.3 Å². The van der Waals surface area contributed by atoms with E-state index in [1.54, 1.807) is 6.07 Å². The summed E-state index contributed by atoms with van der Waals surface area (Å²) in [6.45, 7) is 2.09. The van der Waals surface area contributed by atoms with Crippen LogP contribution in [0.2, 0.25) is 0 Å². The molecule has 90 valence electrons. The van der Waals surface area contributed by atoms with Crippen molar-refractivity contribution in [1.29, 1.82) is 0 Å². The fourth-order valence-corrected chi connectivity index (χ4v) is 2.14. The Morgan fingerprint density at radius 1 is 1.53 bits per heavy atom. The van der Waals surface area contributed by atoms with E-state index in [-0.39, 0.29) is 5.69 Å². The van der Waals surface area contributed by atoms with Crippen molar-refractivity contribution >= 4 is 11.5 Å². The van der Waals surface area contributed by atoms with Gasteiger partial charge >= 0.3 is 5.69 Å². The van der Waals surface area contributed by atoms with E-state index in [9.17, 15) is 4.79 Å². The predicted octanol–water partition coefficient (Wildman–Crippen LogP) is -0.466. The van der Waals surface area contributed by atoms with Crippen LogP contribution in [-0.4, -0.2) is 50.9 Å². The molecule has 2 N–H and O–H groups in total. The molecule has 0 amide bonds. The molecule has 1 unspecified atom stereocenters. The SMILES string of the molecule is CN1CCC(Nc2ccc3n[nH]c(=O)n3n2)C1. The highest BCUT2D eigenvalue weighted by atomic mass is 16.2. The first-order valence-electron chi connectivity index (χ1n) is 5.62. The van der Waals surface area contributed by atoms with Crippen molar-refractivity contribution in [3.63, 3.8) is 0 Å². The summed E-state index contributed by atoms with van der Waals surface area (Å²) in [5.41, 5.74) is 0.219. The van der Waals surface area contributed by atoms with Gasteiger partial charge in [0, 0.05) is 12.6 Å². The van der Waals surface area contributed by atoms with E-state index in [1.807, 2.05) is 6.07 Å². The first-order chi connectivity index (χ1) is 8.22. The number of nitrogens with one attached hydrogen (secondary N) is 2. The summed E-state index contributed by atoms with van der Waals surface area (Å²) in [5, 5.41) is 13.7. The van der Waals surface area contributed by atoms with Crippen molar-refractivity contribution in [3.8, 4) is 0 Å². The molecule has 2 aromatic heterocycles. The summed E-state index contributed by atoms with van der Waals surface area (Å²) in [5.74, 6) is 0.710. The zero-order valence-electron chi connectivity index (χ0n) is 9.55. The molecule has 0 radical (unpaired) electrons. The molecule has 17 heavy (non-hydrogen) atoms. The monoisotopic (exact) mass is 234 g/mol. The van der Waals surface area contributed by atoms with E-state index < -0.39 is 0 Å². The van der Waals surface area contributed by atoms with Crippen molar-refractivity contribution in [2.45, 2.75) is 12.5 Å². The lowest BCUT2D eigenvalue weighted by molar-refractivity contribution is 0.414. The van der Waals surface area contributed by atoms with E-state index in [1.165, 1.54) is 4.52 Å². The number of H-pyrrole nitrogens is 1. The summed E-state index contributed by atoms with van der Waals surface area (Å²) in [7, 11) is 2.10. The number of hydrogen-bond donors (Lipinski definition) is 2. The van der Waals surface area contributed by atoms with E-state index in [0.717, 1.165) is 19.5 Å². The van der Waals surface area contributed by atoms with Gasteiger partial charge in [0.05, 0.1) is 0 Å². The quantitative estimate of drug-likeness (QED) is 0.734. The number of aromatic nitrogens is 4. The minimum atomic E-state index is -0.313. The van der Waals surface area contributed by atoms with Crippen LogP contribution in [0.4, 0.5) is 5.82 Å². The maximum atomic E-state index is 11.4. The molecule has 1 fully saturated rings. The first-order valence-corrected chi connectivity index (χ1v) is 5.62. The van der Waals surface area contributed by atoms with Crippen molar-refractivity contribution < 1.29 is 0 Å². The summed E-state index contributed by atoms with van der Waals surface area (Å²) < 4.78 is 1.26. The largest absolute Gasteiger partial charge is 0.365 e. The zero-order chi connectivity index (χ0) is 11.8. The lowest BCUT2D eigenvalue weighted by Crippen LogP contribution is -2.25. The molecule has 0 bridgehead atoms. The molecule has 2 aromatic rings. The summed E-state index contributed by atoms with van der Waals surface area (Å²) in [6, 6.07) is 4.01. The van der Waals surface area contributed by atoms with Crippen molar-refractivity contribution in [2.24, 2.45) is 0 Å². The number of likely N-dealkylation sites (N-methyl/N-ethyl adjacent to an activating group) is 1. The molecule has 1 atom stereocenters. The molecule has 1 aliphatic rings.